The van der Waals surface area contributed by atoms with Crippen molar-refractivity contribution in [3.63, 3.8) is 0 Å². The van der Waals surface area contributed by atoms with E-state index in [1.54, 1.807) is 0 Å². The van der Waals surface area contributed by atoms with E-state index in [1.807, 2.05) is 0 Å². The second-order valence-corrected chi connectivity index (χ2v) is 4.90. The molecule has 0 aromatic heterocycles. The van der Waals surface area contributed by atoms with E-state index in [-0.39, 0.29) is 12.0 Å². The summed E-state index contributed by atoms with van der Waals surface area (Å²) in [6, 6.07) is 1.49. The van der Waals surface area contributed by atoms with Gasteiger partial charge >= 0.3 is 0 Å². The second-order valence-electron chi connectivity index (χ2n) is 3.77. The SMILES string of the molecule is C=C(Br)C[C@@H](NC(=O)c1ccc(F)cc1F)C(N)=O. The normalized spacial score (nSPS) is 11.7. The summed E-state index contributed by atoms with van der Waals surface area (Å²) in [5.74, 6) is -3.45. The van der Waals surface area contributed by atoms with Crippen molar-refractivity contribution in [1.82, 2.24) is 5.32 Å². The van der Waals surface area contributed by atoms with Crippen LogP contribution in [-0.4, -0.2) is 17.9 Å². The van der Waals surface area contributed by atoms with Crippen LogP contribution in [0.5, 0.6) is 0 Å². The molecule has 3 N–H and O–H groups in total. The average Bonchev–Trinajstić information content (AvgIpc) is 2.26. The Morgan fingerprint density at radius 3 is 2.53 bits per heavy atom. The van der Waals surface area contributed by atoms with E-state index in [2.05, 4.69) is 27.8 Å². The Kier molecular flexibility index (Phi) is 5.17. The van der Waals surface area contributed by atoms with Gasteiger partial charge in [-0.2, -0.15) is 0 Å². The maximum absolute atomic E-state index is 13.4. The van der Waals surface area contributed by atoms with Gasteiger partial charge in [0.1, 0.15) is 17.7 Å². The summed E-state index contributed by atoms with van der Waals surface area (Å²) < 4.78 is 26.5. The first-order valence-corrected chi connectivity index (χ1v) is 5.99. The van der Waals surface area contributed by atoms with Crippen LogP contribution >= 0.6 is 15.9 Å². The Morgan fingerprint density at radius 2 is 2.05 bits per heavy atom. The van der Waals surface area contributed by atoms with Crippen molar-refractivity contribution in [3.8, 4) is 0 Å². The molecule has 1 aromatic carbocycles. The molecule has 0 saturated heterocycles. The van der Waals surface area contributed by atoms with Gasteiger partial charge in [-0.3, -0.25) is 9.59 Å². The number of primary amides is 1. The number of nitrogens with one attached hydrogen (secondary N) is 1. The highest BCUT2D eigenvalue weighted by Crippen LogP contribution is 2.13. The van der Waals surface area contributed by atoms with E-state index in [0.29, 0.717) is 10.5 Å². The van der Waals surface area contributed by atoms with E-state index in [1.165, 1.54) is 0 Å². The fourth-order valence-electron chi connectivity index (χ4n) is 1.35. The van der Waals surface area contributed by atoms with Crippen molar-refractivity contribution in [3.05, 3.63) is 46.5 Å². The summed E-state index contributed by atoms with van der Waals surface area (Å²) in [5.41, 5.74) is 4.74. The van der Waals surface area contributed by atoms with Crippen LogP contribution in [0.2, 0.25) is 0 Å². The Bertz CT molecular complexity index is 534. The van der Waals surface area contributed by atoms with Crippen molar-refractivity contribution < 1.29 is 18.4 Å². The molecule has 0 aliphatic carbocycles. The van der Waals surface area contributed by atoms with Gasteiger partial charge in [0.25, 0.3) is 5.91 Å². The largest absolute Gasteiger partial charge is 0.368 e. The lowest BCUT2D eigenvalue weighted by Gasteiger charge is -2.15. The lowest BCUT2D eigenvalue weighted by molar-refractivity contribution is -0.119. The van der Waals surface area contributed by atoms with Crippen molar-refractivity contribution in [1.29, 1.82) is 0 Å². The van der Waals surface area contributed by atoms with E-state index < -0.39 is 29.5 Å². The summed E-state index contributed by atoms with van der Waals surface area (Å²) in [7, 11) is 0. The zero-order valence-electron chi connectivity index (χ0n) is 9.75. The third-order valence-corrected chi connectivity index (χ3v) is 2.57. The molecular weight excluding hydrogens is 322 g/mol. The van der Waals surface area contributed by atoms with Gasteiger partial charge in [0, 0.05) is 12.5 Å². The first-order chi connectivity index (χ1) is 8.81. The minimum absolute atomic E-state index is 0.0733. The molecule has 19 heavy (non-hydrogen) atoms. The van der Waals surface area contributed by atoms with Crippen LogP contribution in [0.3, 0.4) is 0 Å². The molecule has 7 heteroatoms. The van der Waals surface area contributed by atoms with Crippen molar-refractivity contribution in [2.75, 3.05) is 0 Å². The Balaban J connectivity index is 2.87. The standard InChI is InChI=1S/C12H11BrF2N2O2/c1-6(13)4-10(11(16)18)17-12(19)8-3-2-7(14)5-9(8)15/h2-3,5,10H,1,4H2,(H2,16,18)(H,17,19)/t10-/m1/s1. The van der Waals surface area contributed by atoms with Crippen LogP contribution in [0.15, 0.2) is 29.3 Å². The molecule has 0 unspecified atom stereocenters. The Labute approximate surface area is 116 Å². The molecule has 0 saturated carbocycles. The van der Waals surface area contributed by atoms with Crippen molar-refractivity contribution >= 4 is 27.7 Å². The highest BCUT2D eigenvalue weighted by molar-refractivity contribution is 9.11. The van der Waals surface area contributed by atoms with Gasteiger partial charge in [0.05, 0.1) is 5.56 Å². The van der Waals surface area contributed by atoms with Gasteiger partial charge < -0.3 is 11.1 Å². The number of nitrogens with two attached hydrogens (primary N) is 1. The fourth-order valence-corrected chi connectivity index (χ4v) is 1.68. The lowest BCUT2D eigenvalue weighted by atomic mass is 10.1. The van der Waals surface area contributed by atoms with Gasteiger partial charge in [-0.1, -0.05) is 22.5 Å². The number of hydrogen-bond donors (Lipinski definition) is 2. The summed E-state index contributed by atoms with van der Waals surface area (Å²) in [6.07, 6.45) is 0.0733. The third-order valence-electron chi connectivity index (χ3n) is 2.25. The molecule has 0 spiro atoms. The van der Waals surface area contributed by atoms with Crippen LogP contribution in [0.25, 0.3) is 0 Å². The number of halogens is 3. The van der Waals surface area contributed by atoms with Gasteiger partial charge in [-0.15, -0.1) is 0 Å². The first-order valence-electron chi connectivity index (χ1n) is 5.19. The topological polar surface area (TPSA) is 72.2 Å². The Hall–Kier alpha value is -1.76. The number of carbonyl (C=O) groups excluding carboxylic acids is 2. The lowest BCUT2D eigenvalue weighted by Crippen LogP contribution is -2.44. The Morgan fingerprint density at radius 1 is 1.42 bits per heavy atom. The summed E-state index contributed by atoms with van der Waals surface area (Å²) in [5, 5.41) is 2.26. The third kappa shape index (κ3) is 4.44. The molecule has 0 aliphatic rings. The van der Waals surface area contributed by atoms with Gasteiger partial charge in [-0.05, 0) is 16.6 Å². The number of carbonyl (C=O) groups is 2. The van der Waals surface area contributed by atoms with E-state index in [0.717, 1.165) is 12.1 Å². The predicted molar refractivity (Wildman–Crippen MR) is 69.5 cm³/mol. The molecule has 0 aliphatic heterocycles. The molecular formula is C12H11BrF2N2O2. The van der Waals surface area contributed by atoms with Crippen LogP contribution in [-0.2, 0) is 4.79 Å². The fraction of sp³-hybridized carbons (Fsp3) is 0.167. The highest BCUT2D eigenvalue weighted by atomic mass is 79.9. The number of hydrogen-bond acceptors (Lipinski definition) is 2. The predicted octanol–water partition coefficient (Wildman–Crippen LogP) is 1.85. The van der Waals surface area contributed by atoms with Gasteiger partial charge in [0.2, 0.25) is 5.91 Å². The van der Waals surface area contributed by atoms with E-state index in [9.17, 15) is 18.4 Å². The van der Waals surface area contributed by atoms with Gasteiger partial charge in [-0.25, -0.2) is 8.78 Å². The van der Waals surface area contributed by atoms with Crippen LogP contribution in [0.1, 0.15) is 16.8 Å². The van der Waals surface area contributed by atoms with Crippen LogP contribution < -0.4 is 11.1 Å². The summed E-state index contributed by atoms with van der Waals surface area (Å²) >= 11 is 3.04. The number of rotatable bonds is 5. The highest BCUT2D eigenvalue weighted by Gasteiger charge is 2.21. The van der Waals surface area contributed by atoms with Crippen molar-refractivity contribution in [2.24, 2.45) is 5.73 Å². The summed E-state index contributed by atoms with van der Waals surface area (Å²) in [6.45, 7) is 3.52. The molecule has 0 fully saturated rings. The van der Waals surface area contributed by atoms with E-state index >= 15 is 0 Å². The second kappa shape index (κ2) is 6.42. The molecule has 1 atom stereocenters. The molecule has 1 aromatic rings. The monoisotopic (exact) mass is 332 g/mol. The molecule has 0 heterocycles. The first kappa shape index (κ1) is 15.3. The summed E-state index contributed by atoms with van der Waals surface area (Å²) in [4.78, 5) is 22.9. The number of amides is 2. The zero-order chi connectivity index (χ0) is 14.6. The zero-order valence-corrected chi connectivity index (χ0v) is 11.3. The molecule has 1 rings (SSSR count). The molecule has 102 valence electrons. The van der Waals surface area contributed by atoms with Crippen LogP contribution in [0.4, 0.5) is 8.78 Å². The maximum Gasteiger partial charge on any atom is 0.254 e. The van der Waals surface area contributed by atoms with E-state index in [4.69, 9.17) is 5.73 Å². The molecule has 0 bridgehead atoms. The van der Waals surface area contributed by atoms with Crippen LogP contribution in [0, 0.1) is 11.6 Å². The average molecular weight is 333 g/mol. The minimum atomic E-state index is -1.02. The molecule has 0 radical (unpaired) electrons. The van der Waals surface area contributed by atoms with Gasteiger partial charge in [0.15, 0.2) is 0 Å². The maximum atomic E-state index is 13.4. The minimum Gasteiger partial charge on any atom is -0.368 e. The number of benzene rings is 1. The smallest absolute Gasteiger partial charge is 0.254 e. The molecule has 4 nitrogen and oxygen atoms in total. The van der Waals surface area contributed by atoms with Crippen molar-refractivity contribution in [2.45, 2.75) is 12.5 Å². The molecule has 2 amide bonds. The quantitative estimate of drug-likeness (QED) is 0.863.